The van der Waals surface area contributed by atoms with Crippen molar-refractivity contribution in [2.24, 2.45) is 46.3 Å². The Kier molecular flexibility index (Phi) is 7.36. The van der Waals surface area contributed by atoms with Gasteiger partial charge in [0.2, 0.25) is 0 Å². The van der Waals surface area contributed by atoms with Gasteiger partial charge in [-0.3, -0.25) is 19.2 Å². The number of carbonyl (C=O) groups is 4. The number of fused-ring (bicyclic) bond motifs is 5. The van der Waals surface area contributed by atoms with Gasteiger partial charge < -0.3 is 14.9 Å². The van der Waals surface area contributed by atoms with Crippen LogP contribution in [0.15, 0.2) is 0 Å². The molecule has 0 amide bonds. The molecule has 0 aromatic carbocycles. The van der Waals surface area contributed by atoms with Gasteiger partial charge in [-0.25, -0.2) is 0 Å². The van der Waals surface area contributed by atoms with Crippen molar-refractivity contribution in [3.8, 4) is 0 Å². The van der Waals surface area contributed by atoms with Crippen molar-refractivity contribution < 1.29 is 34.1 Å². The zero-order valence-electron chi connectivity index (χ0n) is 21.5. The lowest BCUT2D eigenvalue weighted by molar-refractivity contribution is -0.169. The van der Waals surface area contributed by atoms with Crippen LogP contribution in [0.2, 0.25) is 0 Å². The van der Waals surface area contributed by atoms with Crippen molar-refractivity contribution in [3.63, 3.8) is 0 Å². The molecule has 0 aliphatic heterocycles. The molecule has 35 heavy (non-hydrogen) atoms. The molecule has 0 radical (unpaired) electrons. The quantitative estimate of drug-likeness (QED) is 0.454. The van der Waals surface area contributed by atoms with Crippen molar-refractivity contribution in [3.05, 3.63) is 0 Å². The van der Waals surface area contributed by atoms with Crippen LogP contribution in [0, 0.1) is 46.3 Å². The van der Waals surface area contributed by atoms with Gasteiger partial charge in [0, 0.05) is 18.8 Å². The van der Waals surface area contributed by atoms with Crippen molar-refractivity contribution in [2.45, 2.75) is 104 Å². The van der Waals surface area contributed by atoms with E-state index in [1.54, 1.807) is 0 Å². The first-order valence-electron chi connectivity index (χ1n) is 13.6. The highest BCUT2D eigenvalue weighted by molar-refractivity contribution is 5.83. The van der Waals surface area contributed by atoms with Crippen LogP contribution in [0.4, 0.5) is 0 Å². The molecule has 4 aliphatic carbocycles. The molecule has 2 N–H and O–H groups in total. The van der Waals surface area contributed by atoms with Gasteiger partial charge in [-0.1, -0.05) is 20.8 Å². The van der Waals surface area contributed by atoms with Gasteiger partial charge in [0.15, 0.2) is 0 Å². The molecule has 7 nitrogen and oxygen atoms in total. The summed E-state index contributed by atoms with van der Waals surface area (Å²) in [5, 5.41) is 18.0. The summed E-state index contributed by atoms with van der Waals surface area (Å²) in [5.41, 5.74) is 0.172. The second-order valence-electron chi connectivity index (χ2n) is 12.5. The summed E-state index contributed by atoms with van der Waals surface area (Å²) in [6.07, 6.45) is 7.63. The van der Waals surface area contributed by atoms with Crippen molar-refractivity contribution in [1.29, 1.82) is 0 Å². The summed E-state index contributed by atoms with van der Waals surface area (Å²) in [7, 11) is 0. The maximum Gasteiger partial charge on any atom is 0.306 e. The molecule has 0 aromatic heterocycles. The second kappa shape index (κ2) is 9.85. The number of ether oxygens (including phenoxy) is 1. The van der Waals surface area contributed by atoms with Crippen LogP contribution in [0.5, 0.6) is 0 Å². The molecule has 0 spiro atoms. The Bertz CT molecular complexity index is 867. The van der Waals surface area contributed by atoms with Gasteiger partial charge in [0.1, 0.15) is 11.9 Å². The van der Waals surface area contributed by atoms with Gasteiger partial charge in [-0.05, 0) is 91.8 Å². The van der Waals surface area contributed by atoms with Crippen LogP contribution in [-0.4, -0.2) is 40.0 Å². The Morgan fingerprint density at radius 2 is 1.60 bits per heavy atom. The highest BCUT2D eigenvalue weighted by atomic mass is 16.5. The van der Waals surface area contributed by atoms with Crippen LogP contribution in [0.3, 0.4) is 0 Å². The van der Waals surface area contributed by atoms with E-state index in [0.29, 0.717) is 48.7 Å². The lowest BCUT2D eigenvalue weighted by Gasteiger charge is -2.60. The molecule has 4 saturated carbocycles. The van der Waals surface area contributed by atoms with E-state index in [2.05, 4.69) is 20.8 Å². The molecular formula is C28H42O7. The van der Waals surface area contributed by atoms with Crippen molar-refractivity contribution >= 4 is 23.7 Å². The molecule has 0 unspecified atom stereocenters. The molecular weight excluding hydrogens is 448 g/mol. The Morgan fingerprint density at radius 3 is 2.29 bits per heavy atom. The predicted molar refractivity (Wildman–Crippen MR) is 128 cm³/mol. The lowest BCUT2D eigenvalue weighted by Crippen LogP contribution is -2.57. The number of hydrogen-bond donors (Lipinski definition) is 2. The minimum Gasteiger partial charge on any atom is -0.481 e. The van der Waals surface area contributed by atoms with Crippen molar-refractivity contribution in [2.75, 3.05) is 0 Å². The topological polar surface area (TPSA) is 118 Å². The maximum absolute atomic E-state index is 13.7. The number of rotatable bonds is 8. The molecule has 7 heteroatoms. The van der Waals surface area contributed by atoms with Crippen LogP contribution in [0.25, 0.3) is 0 Å². The number of carboxylic acids is 2. The fourth-order valence-corrected chi connectivity index (χ4v) is 8.98. The normalized spacial score (nSPS) is 41.3. The van der Waals surface area contributed by atoms with E-state index in [1.165, 1.54) is 0 Å². The molecule has 0 heterocycles. The Labute approximate surface area is 208 Å². The molecule has 4 fully saturated rings. The van der Waals surface area contributed by atoms with E-state index in [4.69, 9.17) is 14.9 Å². The predicted octanol–water partition coefficient (Wildman–Crippen LogP) is 5.10. The molecule has 0 saturated heterocycles. The van der Waals surface area contributed by atoms with Gasteiger partial charge in [-0.15, -0.1) is 0 Å². The second-order valence-corrected chi connectivity index (χ2v) is 12.5. The van der Waals surface area contributed by atoms with Crippen LogP contribution < -0.4 is 0 Å². The number of esters is 1. The first-order chi connectivity index (χ1) is 16.5. The number of carboxylic acid groups (broad SMARTS) is 2. The van der Waals surface area contributed by atoms with Crippen LogP contribution >= 0.6 is 0 Å². The highest BCUT2D eigenvalue weighted by Gasteiger charge is 2.63. The van der Waals surface area contributed by atoms with E-state index in [9.17, 15) is 19.2 Å². The summed E-state index contributed by atoms with van der Waals surface area (Å²) >= 11 is 0. The summed E-state index contributed by atoms with van der Waals surface area (Å²) in [4.78, 5) is 47.6. The number of aliphatic carboxylic acids is 2. The van der Waals surface area contributed by atoms with E-state index in [-0.39, 0.29) is 48.0 Å². The first-order valence-corrected chi connectivity index (χ1v) is 13.6. The van der Waals surface area contributed by atoms with E-state index in [0.717, 1.165) is 38.5 Å². The fourth-order valence-electron chi connectivity index (χ4n) is 8.98. The Morgan fingerprint density at radius 1 is 0.943 bits per heavy atom. The van der Waals surface area contributed by atoms with E-state index < -0.39 is 17.9 Å². The highest BCUT2D eigenvalue weighted by Crippen LogP contribution is 2.67. The van der Waals surface area contributed by atoms with Crippen LogP contribution in [0.1, 0.15) is 97.8 Å². The number of ketones is 1. The average Bonchev–Trinajstić information content (AvgIpc) is 3.14. The molecule has 4 aliphatic rings. The molecule has 0 aromatic rings. The first kappa shape index (κ1) is 26.2. The molecule has 4 rings (SSSR count). The van der Waals surface area contributed by atoms with E-state index >= 15 is 0 Å². The average molecular weight is 491 g/mol. The summed E-state index contributed by atoms with van der Waals surface area (Å²) in [5.74, 6) is 0.0758. The minimum absolute atomic E-state index is 0.0664. The SMILES string of the molecule is C[C@H](CCC(=O)O)[C@H]1CC[C@H]2[C@@H]3C(=O)C[C@@H]4C[C@H](OC(=O)CCC(=O)O)CC[C@]4(C)[C@H]3CC[C@]12C. The Hall–Kier alpha value is -1.92. The standard InChI is InChI=1S/C28H42O7/c1-16(4-7-23(30)31)19-5-6-20-26-21(11-13-28(19,20)3)27(2)12-10-18(14-17(27)15-22(26)29)35-25(34)9-8-24(32)33/h16-21,26H,4-15H2,1-3H3,(H,30,31)(H,32,33)/t16-,17+,18-,19-,20+,21+,26+,27+,28-/m1/s1. The molecule has 0 bridgehead atoms. The summed E-state index contributed by atoms with van der Waals surface area (Å²) in [6, 6.07) is 0. The van der Waals surface area contributed by atoms with E-state index in [1.807, 2.05) is 0 Å². The lowest BCUT2D eigenvalue weighted by atomic mass is 9.44. The van der Waals surface area contributed by atoms with Gasteiger partial charge in [0.25, 0.3) is 0 Å². The van der Waals surface area contributed by atoms with Crippen LogP contribution in [-0.2, 0) is 23.9 Å². The zero-order chi connectivity index (χ0) is 25.5. The molecule has 9 atom stereocenters. The third-order valence-electron chi connectivity index (χ3n) is 10.8. The zero-order valence-corrected chi connectivity index (χ0v) is 21.5. The van der Waals surface area contributed by atoms with Gasteiger partial charge in [0.05, 0.1) is 12.8 Å². The number of hydrogen-bond acceptors (Lipinski definition) is 5. The maximum atomic E-state index is 13.7. The summed E-state index contributed by atoms with van der Waals surface area (Å²) < 4.78 is 5.62. The third-order valence-corrected chi connectivity index (χ3v) is 10.8. The third kappa shape index (κ3) is 4.89. The largest absolute Gasteiger partial charge is 0.481 e. The van der Waals surface area contributed by atoms with Gasteiger partial charge in [-0.2, -0.15) is 0 Å². The monoisotopic (exact) mass is 490 g/mol. The Balaban J connectivity index is 1.44. The fraction of sp³-hybridized carbons (Fsp3) is 0.857. The van der Waals surface area contributed by atoms with Crippen molar-refractivity contribution in [1.82, 2.24) is 0 Å². The smallest absolute Gasteiger partial charge is 0.306 e. The minimum atomic E-state index is -1.00. The number of Topliss-reactive ketones (excluding diaryl/α,β-unsaturated/α-hetero) is 1. The summed E-state index contributed by atoms with van der Waals surface area (Å²) in [6.45, 7) is 6.93. The van der Waals surface area contributed by atoms with Gasteiger partial charge >= 0.3 is 17.9 Å². The molecule has 196 valence electrons. The number of carbonyl (C=O) groups excluding carboxylic acids is 2.